The van der Waals surface area contributed by atoms with Crippen LogP contribution in [0.15, 0.2) is 23.8 Å². The topological polar surface area (TPSA) is 49.8 Å². The summed E-state index contributed by atoms with van der Waals surface area (Å²) >= 11 is 0. The Morgan fingerprint density at radius 1 is 1.61 bits per heavy atom. The number of aliphatic hydroxyl groups is 1. The molecule has 3 nitrogen and oxygen atoms in total. The van der Waals surface area contributed by atoms with E-state index in [0.717, 1.165) is 24.0 Å². The molecule has 2 aliphatic carbocycles. The third kappa shape index (κ3) is 1.14. The van der Waals surface area contributed by atoms with Crippen LogP contribution >= 0.6 is 0 Å². The van der Waals surface area contributed by atoms with Crippen LogP contribution in [0.2, 0.25) is 0 Å². The Bertz CT molecular complexity index is 478. The summed E-state index contributed by atoms with van der Waals surface area (Å²) in [7, 11) is 0. The zero-order chi connectivity index (χ0) is 13.3. The maximum absolute atomic E-state index is 12.3. The molecular weight excluding hydrogens is 228 g/mol. The molecule has 98 valence electrons. The summed E-state index contributed by atoms with van der Waals surface area (Å²) in [6.45, 7) is 9.94. The van der Waals surface area contributed by atoms with Crippen LogP contribution < -0.4 is 0 Å². The van der Waals surface area contributed by atoms with Crippen LogP contribution in [0.25, 0.3) is 0 Å². The van der Waals surface area contributed by atoms with Crippen molar-refractivity contribution in [2.45, 2.75) is 51.4 Å². The SMILES string of the molecule is C=C(C)[C@@]12O[C@@H]1C1(C)C(=CC2=O)CC[C@@H](O)[C@@H]1C. The zero-order valence-electron chi connectivity index (χ0n) is 11.2. The number of carbonyl (C=O) groups excluding carboxylic acids is 1. The first kappa shape index (κ1) is 12.1. The van der Waals surface area contributed by atoms with Crippen molar-refractivity contribution in [1.82, 2.24) is 0 Å². The quantitative estimate of drug-likeness (QED) is 0.570. The summed E-state index contributed by atoms with van der Waals surface area (Å²) in [4.78, 5) is 12.3. The number of hydrogen-bond donors (Lipinski definition) is 1. The normalized spacial score (nSPS) is 50.1. The van der Waals surface area contributed by atoms with Gasteiger partial charge in [-0.25, -0.2) is 0 Å². The lowest BCUT2D eigenvalue weighted by Crippen LogP contribution is -2.50. The number of rotatable bonds is 1. The lowest BCUT2D eigenvalue weighted by Gasteiger charge is -2.46. The van der Waals surface area contributed by atoms with Gasteiger partial charge < -0.3 is 9.84 Å². The second-order valence-corrected chi connectivity index (χ2v) is 6.23. The second kappa shape index (κ2) is 3.34. The molecule has 1 aliphatic heterocycles. The van der Waals surface area contributed by atoms with Crippen molar-refractivity contribution < 1.29 is 14.6 Å². The highest BCUT2D eigenvalue weighted by molar-refractivity contribution is 6.04. The van der Waals surface area contributed by atoms with E-state index in [1.165, 1.54) is 0 Å². The molecule has 1 N–H and O–H groups in total. The average Bonchev–Trinajstić information content (AvgIpc) is 3.06. The predicted molar refractivity (Wildman–Crippen MR) is 68.0 cm³/mol. The molecule has 1 saturated carbocycles. The Morgan fingerprint density at radius 3 is 2.89 bits per heavy atom. The molecule has 0 bridgehead atoms. The van der Waals surface area contributed by atoms with Crippen LogP contribution in [0.3, 0.4) is 0 Å². The van der Waals surface area contributed by atoms with Crippen LogP contribution in [-0.2, 0) is 9.53 Å². The van der Waals surface area contributed by atoms with Crippen LogP contribution in [0.4, 0.5) is 0 Å². The first-order valence-electron chi connectivity index (χ1n) is 6.62. The first-order chi connectivity index (χ1) is 8.35. The van der Waals surface area contributed by atoms with E-state index in [2.05, 4.69) is 20.4 Å². The van der Waals surface area contributed by atoms with Crippen molar-refractivity contribution in [3.05, 3.63) is 23.8 Å². The van der Waals surface area contributed by atoms with E-state index in [9.17, 15) is 9.90 Å². The minimum Gasteiger partial charge on any atom is -0.393 e. The average molecular weight is 248 g/mol. The van der Waals surface area contributed by atoms with Gasteiger partial charge in [0.05, 0.1) is 6.10 Å². The number of ketones is 1. The Labute approximate surface area is 108 Å². The Balaban J connectivity index is 2.10. The van der Waals surface area contributed by atoms with Crippen LogP contribution in [0.5, 0.6) is 0 Å². The van der Waals surface area contributed by atoms with Gasteiger partial charge in [0.1, 0.15) is 6.10 Å². The van der Waals surface area contributed by atoms with Gasteiger partial charge >= 0.3 is 0 Å². The van der Waals surface area contributed by atoms with Gasteiger partial charge in [-0.2, -0.15) is 0 Å². The smallest absolute Gasteiger partial charge is 0.194 e. The molecule has 0 aromatic rings. The molecule has 1 heterocycles. The number of carbonyl (C=O) groups is 1. The molecule has 2 fully saturated rings. The van der Waals surface area contributed by atoms with E-state index in [0.29, 0.717) is 0 Å². The van der Waals surface area contributed by atoms with Gasteiger partial charge in [0.25, 0.3) is 0 Å². The van der Waals surface area contributed by atoms with E-state index in [4.69, 9.17) is 4.74 Å². The molecule has 3 heteroatoms. The van der Waals surface area contributed by atoms with E-state index >= 15 is 0 Å². The van der Waals surface area contributed by atoms with Crippen molar-refractivity contribution in [2.24, 2.45) is 11.3 Å². The van der Waals surface area contributed by atoms with Crippen LogP contribution in [0, 0.1) is 11.3 Å². The van der Waals surface area contributed by atoms with E-state index in [1.54, 1.807) is 6.08 Å². The summed E-state index contributed by atoms with van der Waals surface area (Å²) in [6.07, 6.45) is 2.83. The van der Waals surface area contributed by atoms with Crippen molar-refractivity contribution in [3.63, 3.8) is 0 Å². The maximum Gasteiger partial charge on any atom is 0.194 e. The molecule has 0 amide bonds. The fourth-order valence-electron chi connectivity index (χ4n) is 3.83. The molecule has 3 aliphatic rings. The minimum atomic E-state index is -0.802. The monoisotopic (exact) mass is 248 g/mol. The summed E-state index contributed by atoms with van der Waals surface area (Å²) in [6, 6.07) is 0. The van der Waals surface area contributed by atoms with Gasteiger partial charge in [0.2, 0.25) is 0 Å². The highest BCUT2D eigenvalue weighted by atomic mass is 16.6. The van der Waals surface area contributed by atoms with Crippen LogP contribution in [-0.4, -0.2) is 28.7 Å². The zero-order valence-corrected chi connectivity index (χ0v) is 11.2. The minimum absolute atomic E-state index is 0.0380. The first-order valence-corrected chi connectivity index (χ1v) is 6.62. The molecule has 0 spiro atoms. The number of fused-ring (bicyclic) bond motifs is 3. The van der Waals surface area contributed by atoms with Gasteiger partial charge in [-0.05, 0) is 37.3 Å². The van der Waals surface area contributed by atoms with Gasteiger partial charge in [0.15, 0.2) is 11.4 Å². The Kier molecular flexibility index (Phi) is 2.25. The Hall–Kier alpha value is -0.930. The van der Waals surface area contributed by atoms with Gasteiger partial charge in [-0.3, -0.25) is 4.79 Å². The third-order valence-electron chi connectivity index (χ3n) is 5.39. The van der Waals surface area contributed by atoms with E-state index in [-0.39, 0.29) is 29.3 Å². The molecule has 18 heavy (non-hydrogen) atoms. The van der Waals surface area contributed by atoms with Crippen molar-refractivity contribution in [2.75, 3.05) is 0 Å². The van der Waals surface area contributed by atoms with E-state index < -0.39 is 5.60 Å². The number of ether oxygens (including phenoxy) is 1. The lowest BCUT2D eigenvalue weighted by atomic mass is 9.57. The molecule has 1 unspecified atom stereocenters. The van der Waals surface area contributed by atoms with Crippen molar-refractivity contribution in [3.8, 4) is 0 Å². The molecule has 0 radical (unpaired) electrons. The number of epoxide rings is 1. The maximum atomic E-state index is 12.3. The summed E-state index contributed by atoms with van der Waals surface area (Å²) < 4.78 is 5.82. The third-order valence-corrected chi connectivity index (χ3v) is 5.39. The summed E-state index contributed by atoms with van der Waals surface area (Å²) in [5.74, 6) is 0.146. The second-order valence-electron chi connectivity index (χ2n) is 6.23. The van der Waals surface area contributed by atoms with Gasteiger partial charge in [0, 0.05) is 5.41 Å². The molecule has 5 atom stereocenters. The summed E-state index contributed by atoms with van der Waals surface area (Å²) in [5, 5.41) is 10.1. The highest BCUT2D eigenvalue weighted by Crippen LogP contribution is 2.63. The number of aliphatic hydroxyl groups excluding tert-OH is 1. The molecule has 0 aromatic heterocycles. The van der Waals surface area contributed by atoms with Crippen molar-refractivity contribution in [1.29, 1.82) is 0 Å². The molecule has 1 saturated heterocycles. The summed E-state index contributed by atoms with van der Waals surface area (Å²) in [5.41, 5.74) is 0.889. The lowest BCUT2D eigenvalue weighted by molar-refractivity contribution is -0.118. The Morgan fingerprint density at radius 2 is 2.28 bits per heavy atom. The molecule has 0 aromatic carbocycles. The fourth-order valence-corrected chi connectivity index (χ4v) is 3.83. The highest BCUT2D eigenvalue weighted by Gasteiger charge is 2.73. The van der Waals surface area contributed by atoms with Crippen molar-refractivity contribution >= 4 is 5.78 Å². The van der Waals surface area contributed by atoms with Gasteiger partial charge in [-0.1, -0.05) is 26.0 Å². The largest absolute Gasteiger partial charge is 0.393 e. The number of hydrogen-bond acceptors (Lipinski definition) is 3. The standard InChI is InChI=1S/C15H20O3/c1-8(2)15-12(17)7-10-5-6-11(16)9(3)14(10,4)13(15)18-15/h7,9,11,13,16H,1,5-6H2,2-4H3/t9-,11+,13+,14?,15-/m0/s1. The van der Waals surface area contributed by atoms with Crippen LogP contribution in [0.1, 0.15) is 33.6 Å². The van der Waals surface area contributed by atoms with Gasteiger partial charge in [-0.15, -0.1) is 0 Å². The predicted octanol–water partition coefficient (Wildman–Crippen LogP) is 2.01. The fraction of sp³-hybridized carbons (Fsp3) is 0.667. The molecular formula is C15H20O3. The van der Waals surface area contributed by atoms with E-state index in [1.807, 2.05) is 6.92 Å². The molecule has 3 rings (SSSR count).